The van der Waals surface area contributed by atoms with E-state index in [0.29, 0.717) is 32.5 Å². The molecule has 0 heterocycles. The second-order valence-electron chi connectivity index (χ2n) is 16.7. The zero-order valence-corrected chi connectivity index (χ0v) is 23.3. The molecule has 6 rings (SSSR count). The van der Waals surface area contributed by atoms with E-state index in [-0.39, 0.29) is 11.5 Å². The lowest BCUT2D eigenvalue weighted by Crippen LogP contribution is -2.57. The Bertz CT molecular complexity index is 841. The molecule has 1 heteroatoms. The van der Waals surface area contributed by atoms with Crippen LogP contribution in [0.2, 0.25) is 0 Å². The number of fused-ring (bicyclic) bond motifs is 2. The molecule has 0 amide bonds. The lowest BCUT2D eigenvalue weighted by Gasteiger charge is -2.63. The van der Waals surface area contributed by atoms with Crippen molar-refractivity contribution in [1.29, 1.82) is 0 Å². The summed E-state index contributed by atoms with van der Waals surface area (Å²) in [5, 5.41) is 10.9. The van der Waals surface area contributed by atoms with Gasteiger partial charge in [-0.25, -0.2) is 0 Å². The molecule has 1 N–H and O–H groups in total. The fourth-order valence-electron chi connectivity index (χ4n) is 12.4. The van der Waals surface area contributed by atoms with E-state index in [1.165, 1.54) is 70.6 Å². The van der Waals surface area contributed by atoms with Crippen molar-refractivity contribution in [3.05, 3.63) is 0 Å². The molecule has 0 unspecified atom stereocenters. The highest BCUT2D eigenvalue weighted by molar-refractivity contribution is 5.30. The van der Waals surface area contributed by atoms with Gasteiger partial charge in [-0.1, -0.05) is 55.4 Å². The maximum Gasteiger partial charge on any atom is 0.0594 e. The van der Waals surface area contributed by atoms with Gasteiger partial charge in [0, 0.05) is 0 Å². The van der Waals surface area contributed by atoms with Crippen molar-refractivity contribution in [2.45, 2.75) is 139 Å². The lowest BCUT2D eigenvalue weighted by molar-refractivity contribution is -0.161. The van der Waals surface area contributed by atoms with Gasteiger partial charge >= 0.3 is 0 Å². The van der Waals surface area contributed by atoms with Crippen LogP contribution in [0.4, 0.5) is 0 Å². The largest absolute Gasteiger partial charge is 0.393 e. The van der Waals surface area contributed by atoms with Crippen molar-refractivity contribution >= 4 is 0 Å². The quantitative estimate of drug-likeness (QED) is 0.450. The maximum absolute atomic E-state index is 10.9. The number of rotatable bonds is 4. The third-order valence-electron chi connectivity index (χ3n) is 15.3. The van der Waals surface area contributed by atoms with Crippen molar-refractivity contribution in [3.63, 3.8) is 0 Å². The number of aliphatic hydroxyl groups is 1. The highest BCUT2D eigenvalue weighted by atomic mass is 16.3. The number of aliphatic hydroxyl groups excluding tert-OH is 1. The third kappa shape index (κ3) is 2.60. The average molecular weight is 455 g/mol. The molecular weight excluding hydrogens is 400 g/mol. The van der Waals surface area contributed by atoms with Gasteiger partial charge in [0.05, 0.1) is 6.10 Å². The first-order valence-electron chi connectivity index (χ1n) is 14.9. The molecule has 6 aliphatic carbocycles. The highest BCUT2D eigenvalue weighted by Gasteiger charge is 2.82. The van der Waals surface area contributed by atoms with Gasteiger partial charge < -0.3 is 5.11 Å². The fourth-order valence-corrected chi connectivity index (χ4v) is 12.4. The maximum atomic E-state index is 10.9. The summed E-state index contributed by atoms with van der Waals surface area (Å²) in [6, 6.07) is 0. The van der Waals surface area contributed by atoms with Crippen LogP contribution in [0, 0.1) is 61.6 Å². The lowest BCUT2D eigenvalue weighted by atomic mass is 9.41. The molecule has 0 aromatic heterocycles. The summed E-state index contributed by atoms with van der Waals surface area (Å²) in [5.74, 6) is 3.52. The number of hydrogen-bond acceptors (Lipinski definition) is 1. The van der Waals surface area contributed by atoms with E-state index in [0.717, 1.165) is 30.1 Å². The van der Waals surface area contributed by atoms with Gasteiger partial charge in [-0.3, -0.25) is 0 Å². The van der Waals surface area contributed by atoms with Gasteiger partial charge in [0.1, 0.15) is 0 Å². The SMILES string of the molecule is C[C@H](CC[C@@]1(C)CC1(C)C)[C@H]1CC[C@@]2(C)[C@@H]3CC[C@@H]4C(C)(C)[C@@H](O)CC[C@@]45C[C@@]35CC[C@]12C. The van der Waals surface area contributed by atoms with Gasteiger partial charge in [-0.15, -0.1) is 0 Å². The molecule has 1 nitrogen and oxygen atoms in total. The smallest absolute Gasteiger partial charge is 0.0594 e. The van der Waals surface area contributed by atoms with Crippen molar-refractivity contribution in [3.8, 4) is 0 Å². The van der Waals surface area contributed by atoms with Gasteiger partial charge in [0.25, 0.3) is 0 Å². The molecule has 33 heavy (non-hydrogen) atoms. The summed E-state index contributed by atoms with van der Waals surface area (Å²) in [4.78, 5) is 0. The molecule has 0 aromatic rings. The average Bonchev–Trinajstić information content (AvgIpc) is 3.50. The van der Waals surface area contributed by atoms with Crippen molar-refractivity contribution in [2.24, 2.45) is 61.6 Å². The zero-order chi connectivity index (χ0) is 23.9. The van der Waals surface area contributed by atoms with Crippen LogP contribution in [0.3, 0.4) is 0 Å². The van der Waals surface area contributed by atoms with E-state index < -0.39 is 0 Å². The standard InChI is InChI=1S/C32H54O/c1-21(11-14-28(6)19-26(28,2)3)22-12-15-30(8)24-10-9-23-27(4,5)25(33)13-16-31(23)20-32(24,31)18-17-29(22,30)7/h21-25,33H,9-20H2,1-8H3/t21-,22-,23-,24+,25+,28+,29-,30+,31-,32+/m1/s1. The minimum Gasteiger partial charge on any atom is -0.393 e. The second kappa shape index (κ2) is 6.44. The van der Waals surface area contributed by atoms with Gasteiger partial charge in [-0.2, -0.15) is 0 Å². The fraction of sp³-hybridized carbons (Fsp3) is 1.00. The minimum absolute atomic E-state index is 0.0817. The molecule has 188 valence electrons. The first kappa shape index (κ1) is 23.4. The Labute approximate surface area is 205 Å². The normalized spacial score (nSPS) is 58.5. The molecule has 0 saturated heterocycles. The van der Waals surface area contributed by atoms with Crippen LogP contribution >= 0.6 is 0 Å². The van der Waals surface area contributed by atoms with Crippen LogP contribution in [0.15, 0.2) is 0 Å². The summed E-state index contributed by atoms with van der Waals surface area (Å²) in [6.07, 6.45) is 16.9. The predicted octanol–water partition coefficient (Wildman–Crippen LogP) is 8.64. The Kier molecular flexibility index (Phi) is 4.56. The third-order valence-corrected chi connectivity index (χ3v) is 15.3. The van der Waals surface area contributed by atoms with E-state index in [2.05, 4.69) is 55.4 Å². The molecule has 0 bridgehead atoms. The Morgan fingerprint density at radius 2 is 1.36 bits per heavy atom. The summed E-state index contributed by atoms with van der Waals surface area (Å²) < 4.78 is 0. The predicted molar refractivity (Wildman–Crippen MR) is 138 cm³/mol. The van der Waals surface area contributed by atoms with Gasteiger partial charge in [0.2, 0.25) is 0 Å². The van der Waals surface area contributed by atoms with E-state index in [9.17, 15) is 5.11 Å². The van der Waals surface area contributed by atoms with Crippen LogP contribution in [0.5, 0.6) is 0 Å². The monoisotopic (exact) mass is 454 g/mol. The van der Waals surface area contributed by atoms with Crippen LogP contribution in [-0.2, 0) is 0 Å². The van der Waals surface area contributed by atoms with Crippen molar-refractivity contribution in [2.75, 3.05) is 0 Å². The molecular formula is C32H54O. The first-order valence-corrected chi connectivity index (χ1v) is 14.9. The summed E-state index contributed by atoms with van der Waals surface area (Å²) in [5.41, 5.74) is 3.61. The van der Waals surface area contributed by atoms with Crippen LogP contribution in [0.1, 0.15) is 132 Å². The van der Waals surface area contributed by atoms with E-state index >= 15 is 0 Å². The van der Waals surface area contributed by atoms with Crippen LogP contribution < -0.4 is 0 Å². The molecule has 10 atom stereocenters. The molecule has 0 aromatic carbocycles. The topological polar surface area (TPSA) is 20.2 Å². The molecule has 6 fully saturated rings. The number of hydrogen-bond donors (Lipinski definition) is 1. The molecule has 0 aliphatic heterocycles. The minimum atomic E-state index is -0.0817. The van der Waals surface area contributed by atoms with E-state index in [1.807, 2.05) is 0 Å². The van der Waals surface area contributed by atoms with E-state index in [1.54, 1.807) is 0 Å². The molecule has 6 saturated carbocycles. The van der Waals surface area contributed by atoms with Crippen molar-refractivity contribution in [1.82, 2.24) is 0 Å². The highest BCUT2D eigenvalue weighted by Crippen LogP contribution is 2.89. The Morgan fingerprint density at radius 1 is 0.727 bits per heavy atom. The van der Waals surface area contributed by atoms with Crippen molar-refractivity contribution < 1.29 is 5.11 Å². The van der Waals surface area contributed by atoms with Crippen LogP contribution in [-0.4, -0.2) is 11.2 Å². The Hall–Kier alpha value is -0.0400. The Morgan fingerprint density at radius 3 is 2.03 bits per heavy atom. The van der Waals surface area contributed by atoms with Gasteiger partial charge in [0.15, 0.2) is 0 Å². The van der Waals surface area contributed by atoms with Gasteiger partial charge in [-0.05, 0) is 139 Å². The molecule has 2 spiro atoms. The van der Waals surface area contributed by atoms with Crippen LogP contribution in [0.25, 0.3) is 0 Å². The molecule has 0 radical (unpaired) electrons. The summed E-state index contributed by atoms with van der Waals surface area (Å²) in [7, 11) is 0. The first-order chi connectivity index (χ1) is 15.2. The summed E-state index contributed by atoms with van der Waals surface area (Å²) in [6.45, 7) is 20.5. The molecule has 6 aliphatic rings. The zero-order valence-electron chi connectivity index (χ0n) is 23.3. The summed E-state index contributed by atoms with van der Waals surface area (Å²) >= 11 is 0. The second-order valence-corrected chi connectivity index (χ2v) is 16.7. The Balaban J connectivity index is 1.24. The van der Waals surface area contributed by atoms with E-state index in [4.69, 9.17) is 0 Å².